The maximum atomic E-state index is 10.0. The third-order valence-corrected chi connectivity index (χ3v) is 1.02. The van der Waals surface area contributed by atoms with E-state index in [1.807, 2.05) is 0 Å². The Morgan fingerprint density at radius 3 is 2.60 bits per heavy atom. The van der Waals surface area contributed by atoms with E-state index in [-0.39, 0.29) is 5.70 Å². The predicted molar refractivity (Wildman–Crippen MR) is 36.9 cm³/mol. The molecule has 0 saturated carbocycles. The number of allylic oxidation sites excluding steroid dienone is 2. The van der Waals surface area contributed by atoms with Gasteiger partial charge in [-0.25, -0.2) is 4.79 Å². The summed E-state index contributed by atoms with van der Waals surface area (Å²) in [6, 6.07) is 0. The minimum atomic E-state index is 0.262. The maximum Gasteiger partial charge on any atom is 0.150 e. The van der Waals surface area contributed by atoms with Gasteiger partial charge in [-0.1, -0.05) is 0 Å². The molecule has 1 aliphatic heterocycles. The molecule has 0 aromatic carbocycles. The van der Waals surface area contributed by atoms with Gasteiger partial charge in [-0.15, -0.1) is 0 Å². The highest BCUT2D eigenvalue weighted by Gasteiger charge is 2.02. The van der Waals surface area contributed by atoms with Crippen LogP contribution in [0.4, 0.5) is 0 Å². The summed E-state index contributed by atoms with van der Waals surface area (Å²) in [6.07, 6.45) is 2.99. The normalized spacial score (nSPS) is 16.6. The molecule has 0 saturated heterocycles. The van der Waals surface area contributed by atoms with Crippen molar-refractivity contribution < 1.29 is 4.79 Å². The SMILES string of the molecule is NC1=CC(=C=O)NC(N)=C1. The Hall–Kier alpha value is -1.67. The molecule has 52 valence electrons. The van der Waals surface area contributed by atoms with Gasteiger partial charge in [0, 0.05) is 11.8 Å². The minimum absolute atomic E-state index is 0.262. The van der Waals surface area contributed by atoms with E-state index in [4.69, 9.17) is 11.5 Å². The highest BCUT2D eigenvalue weighted by Crippen LogP contribution is 2.01. The number of nitrogens with two attached hydrogens (primary N) is 2. The van der Waals surface area contributed by atoms with E-state index in [0.717, 1.165) is 0 Å². The molecule has 10 heavy (non-hydrogen) atoms. The zero-order chi connectivity index (χ0) is 7.56. The molecule has 5 N–H and O–H groups in total. The van der Waals surface area contributed by atoms with Gasteiger partial charge in [-0.3, -0.25) is 0 Å². The molecule has 1 heterocycles. The van der Waals surface area contributed by atoms with Crippen LogP contribution in [0.25, 0.3) is 0 Å². The van der Waals surface area contributed by atoms with Crippen LogP contribution in [0.1, 0.15) is 0 Å². The van der Waals surface area contributed by atoms with Gasteiger partial charge in [0.1, 0.15) is 11.5 Å². The average Bonchev–Trinajstić information content (AvgIpc) is 1.85. The first-order chi connectivity index (χ1) is 4.72. The first-order valence-electron chi connectivity index (χ1n) is 2.69. The largest absolute Gasteiger partial charge is 0.399 e. The lowest BCUT2D eigenvalue weighted by Gasteiger charge is -2.09. The van der Waals surface area contributed by atoms with Crippen LogP contribution in [0.15, 0.2) is 29.4 Å². The van der Waals surface area contributed by atoms with Crippen LogP contribution in [0.3, 0.4) is 0 Å². The first kappa shape index (κ1) is 6.45. The van der Waals surface area contributed by atoms with Crippen LogP contribution < -0.4 is 16.8 Å². The number of hydrogen-bond acceptors (Lipinski definition) is 4. The molecule has 0 amide bonds. The molecule has 1 aliphatic rings. The molecule has 0 aliphatic carbocycles. The Morgan fingerprint density at radius 2 is 2.10 bits per heavy atom. The molecular formula is C6H7N3O. The summed E-state index contributed by atoms with van der Waals surface area (Å²) in [5, 5.41) is 2.57. The van der Waals surface area contributed by atoms with Gasteiger partial charge in [-0.05, 0) is 6.08 Å². The van der Waals surface area contributed by atoms with E-state index in [0.29, 0.717) is 11.5 Å². The molecule has 0 atom stereocenters. The Balaban J connectivity index is 2.98. The quantitative estimate of drug-likeness (QED) is 0.372. The van der Waals surface area contributed by atoms with Gasteiger partial charge in [0.05, 0.1) is 0 Å². The summed E-state index contributed by atoms with van der Waals surface area (Å²) < 4.78 is 0. The van der Waals surface area contributed by atoms with Crippen LogP contribution >= 0.6 is 0 Å². The second-order valence-electron chi connectivity index (χ2n) is 1.88. The van der Waals surface area contributed by atoms with Gasteiger partial charge in [-0.2, -0.15) is 0 Å². The van der Waals surface area contributed by atoms with Crippen molar-refractivity contribution in [2.45, 2.75) is 0 Å². The molecule has 4 heteroatoms. The van der Waals surface area contributed by atoms with Gasteiger partial charge < -0.3 is 16.8 Å². The van der Waals surface area contributed by atoms with E-state index in [1.165, 1.54) is 12.2 Å². The van der Waals surface area contributed by atoms with Crippen molar-refractivity contribution in [1.29, 1.82) is 0 Å². The van der Waals surface area contributed by atoms with Gasteiger partial charge in [0.2, 0.25) is 0 Å². The van der Waals surface area contributed by atoms with E-state index in [9.17, 15) is 4.79 Å². The third kappa shape index (κ3) is 1.18. The summed E-state index contributed by atoms with van der Waals surface area (Å²) in [5.74, 6) is 2.00. The topological polar surface area (TPSA) is 81.1 Å². The molecule has 0 fully saturated rings. The van der Waals surface area contributed by atoms with Crippen molar-refractivity contribution in [3.05, 3.63) is 29.4 Å². The summed E-state index contributed by atoms with van der Waals surface area (Å²) in [6.45, 7) is 0. The molecule has 0 aromatic heterocycles. The average molecular weight is 137 g/mol. The van der Waals surface area contributed by atoms with Crippen LogP contribution in [-0.2, 0) is 4.79 Å². The van der Waals surface area contributed by atoms with E-state index >= 15 is 0 Å². The molecule has 0 unspecified atom stereocenters. The van der Waals surface area contributed by atoms with Gasteiger partial charge >= 0.3 is 0 Å². The number of rotatable bonds is 0. The number of dihydropyridines is 1. The maximum absolute atomic E-state index is 10.0. The summed E-state index contributed by atoms with van der Waals surface area (Å²) in [7, 11) is 0. The summed E-state index contributed by atoms with van der Waals surface area (Å²) in [4.78, 5) is 10.0. The second kappa shape index (κ2) is 2.29. The monoisotopic (exact) mass is 137 g/mol. The number of nitrogens with one attached hydrogen (secondary N) is 1. The second-order valence-corrected chi connectivity index (χ2v) is 1.88. The molecule has 0 radical (unpaired) electrons. The van der Waals surface area contributed by atoms with Crippen LogP contribution in [0, 0.1) is 0 Å². The van der Waals surface area contributed by atoms with E-state index < -0.39 is 0 Å². The highest BCUT2D eigenvalue weighted by atomic mass is 16.1. The fourth-order valence-electron chi connectivity index (χ4n) is 0.671. The lowest BCUT2D eigenvalue weighted by Crippen LogP contribution is -2.23. The number of carbonyl (C=O) groups excluding carboxylic acids is 1. The van der Waals surface area contributed by atoms with Crippen molar-refractivity contribution in [2.24, 2.45) is 11.5 Å². The lowest BCUT2D eigenvalue weighted by atomic mass is 10.2. The Morgan fingerprint density at radius 1 is 1.40 bits per heavy atom. The van der Waals surface area contributed by atoms with E-state index in [2.05, 4.69) is 5.32 Å². The first-order valence-corrected chi connectivity index (χ1v) is 2.69. The molecule has 0 spiro atoms. The third-order valence-electron chi connectivity index (χ3n) is 1.02. The smallest absolute Gasteiger partial charge is 0.150 e. The zero-order valence-corrected chi connectivity index (χ0v) is 5.22. The zero-order valence-electron chi connectivity index (χ0n) is 5.22. The van der Waals surface area contributed by atoms with Crippen LogP contribution in [0.2, 0.25) is 0 Å². The molecule has 0 aromatic rings. The van der Waals surface area contributed by atoms with Gasteiger partial charge in [0.25, 0.3) is 0 Å². The molecular weight excluding hydrogens is 130 g/mol. The van der Waals surface area contributed by atoms with Crippen LogP contribution in [0.5, 0.6) is 0 Å². The van der Waals surface area contributed by atoms with Crippen molar-refractivity contribution in [1.82, 2.24) is 5.32 Å². The fraction of sp³-hybridized carbons (Fsp3) is 0. The van der Waals surface area contributed by atoms with Crippen molar-refractivity contribution in [2.75, 3.05) is 0 Å². The molecule has 1 rings (SSSR count). The summed E-state index contributed by atoms with van der Waals surface area (Å²) >= 11 is 0. The standard InChI is InChI=1S/C6H7N3O/c7-4-1-5(3-10)9-6(8)2-4/h1-2,9H,7-8H2. The Kier molecular flexibility index (Phi) is 1.48. The molecule has 0 bridgehead atoms. The van der Waals surface area contributed by atoms with E-state index in [1.54, 1.807) is 5.94 Å². The van der Waals surface area contributed by atoms with Crippen molar-refractivity contribution in [3.63, 3.8) is 0 Å². The molecule has 4 nitrogen and oxygen atoms in total. The minimum Gasteiger partial charge on any atom is -0.399 e. The highest BCUT2D eigenvalue weighted by molar-refractivity contribution is 5.59. The van der Waals surface area contributed by atoms with Crippen LogP contribution in [-0.4, -0.2) is 5.94 Å². The fourth-order valence-corrected chi connectivity index (χ4v) is 0.671. The Bertz CT molecular complexity index is 258. The summed E-state index contributed by atoms with van der Waals surface area (Å²) in [5.41, 5.74) is 11.4. The predicted octanol–water partition coefficient (Wildman–Crippen LogP) is -1.05. The van der Waals surface area contributed by atoms with Gasteiger partial charge in [0.15, 0.2) is 5.94 Å². The van der Waals surface area contributed by atoms with Crippen molar-refractivity contribution >= 4 is 5.94 Å². The van der Waals surface area contributed by atoms with Crippen molar-refractivity contribution in [3.8, 4) is 0 Å². The number of hydrogen-bond donors (Lipinski definition) is 3. The Labute approximate surface area is 57.9 Å². The lowest BCUT2D eigenvalue weighted by molar-refractivity contribution is 0.566.